The Kier molecular flexibility index (Phi) is 2.12. The molecule has 0 radical (unpaired) electrons. The van der Waals surface area contributed by atoms with Gasteiger partial charge in [0.05, 0.1) is 5.52 Å². The monoisotopic (exact) mass is 264 g/mol. The zero-order chi connectivity index (χ0) is 13.7. The van der Waals surface area contributed by atoms with Gasteiger partial charge in [0.25, 0.3) is 0 Å². The smallest absolute Gasteiger partial charge is 0.348 e. The highest BCUT2D eigenvalue weighted by atomic mass is 16.1. The van der Waals surface area contributed by atoms with E-state index < -0.39 is 0 Å². The lowest BCUT2D eigenvalue weighted by molar-refractivity contribution is 1.04. The van der Waals surface area contributed by atoms with E-state index in [0.29, 0.717) is 5.65 Å². The number of nitrogens with one attached hydrogen (secondary N) is 2. The second-order valence-corrected chi connectivity index (χ2v) is 4.87. The van der Waals surface area contributed by atoms with Crippen molar-refractivity contribution in [2.24, 2.45) is 0 Å². The van der Waals surface area contributed by atoms with E-state index in [2.05, 4.69) is 21.2 Å². The zero-order valence-corrected chi connectivity index (χ0v) is 10.8. The maximum Gasteiger partial charge on any atom is 0.348 e. The summed E-state index contributed by atoms with van der Waals surface area (Å²) in [7, 11) is 0. The maximum absolute atomic E-state index is 11.9. The molecule has 0 unspecified atom stereocenters. The Morgan fingerprint density at radius 3 is 2.90 bits per heavy atom. The van der Waals surface area contributed by atoms with Crippen LogP contribution >= 0.6 is 0 Å². The molecule has 5 nitrogen and oxygen atoms in total. The fourth-order valence-electron chi connectivity index (χ4n) is 2.64. The molecule has 98 valence electrons. The average Bonchev–Trinajstić information content (AvgIpc) is 3.09. The molecule has 3 heterocycles. The zero-order valence-electron chi connectivity index (χ0n) is 10.8. The number of nitrogens with zero attached hydrogens (tertiary/aromatic N) is 2. The van der Waals surface area contributed by atoms with Crippen LogP contribution in [0.25, 0.3) is 27.8 Å². The lowest BCUT2D eigenvalue weighted by Gasteiger charge is -2.06. The second kappa shape index (κ2) is 3.84. The van der Waals surface area contributed by atoms with Crippen LogP contribution in [0.5, 0.6) is 0 Å². The summed E-state index contributed by atoms with van der Waals surface area (Å²) in [6, 6.07) is 12.0. The number of benzene rings is 1. The number of aryl methyl sites for hydroxylation is 1. The van der Waals surface area contributed by atoms with Crippen LogP contribution in [0.3, 0.4) is 0 Å². The first-order chi connectivity index (χ1) is 9.74. The molecule has 0 atom stereocenters. The van der Waals surface area contributed by atoms with Gasteiger partial charge >= 0.3 is 5.69 Å². The van der Waals surface area contributed by atoms with E-state index in [0.717, 1.165) is 27.7 Å². The molecule has 0 aliphatic carbocycles. The Hall–Kier alpha value is -2.82. The molecule has 20 heavy (non-hydrogen) atoms. The highest BCUT2D eigenvalue weighted by Crippen LogP contribution is 2.25. The standard InChI is InChI=1S/C15H12N4O/c1-9-7-14-17-18-15(20)19(14)13-8-10(4-5-11(9)13)12-3-2-6-16-12/h2-8,16H,1H3,(H,18,20). The fourth-order valence-corrected chi connectivity index (χ4v) is 2.64. The van der Waals surface area contributed by atoms with Crippen LogP contribution in [0, 0.1) is 6.92 Å². The van der Waals surface area contributed by atoms with Gasteiger partial charge in [0.2, 0.25) is 0 Å². The molecule has 0 aliphatic heterocycles. The first kappa shape index (κ1) is 11.0. The van der Waals surface area contributed by atoms with Crippen molar-refractivity contribution in [3.63, 3.8) is 0 Å². The average molecular weight is 264 g/mol. The van der Waals surface area contributed by atoms with Crippen LogP contribution in [-0.2, 0) is 0 Å². The molecular weight excluding hydrogens is 252 g/mol. The van der Waals surface area contributed by atoms with Crippen LogP contribution in [0.4, 0.5) is 0 Å². The maximum atomic E-state index is 11.9. The van der Waals surface area contributed by atoms with Gasteiger partial charge in [-0.25, -0.2) is 14.3 Å². The normalized spacial score (nSPS) is 11.4. The molecular formula is C15H12N4O. The van der Waals surface area contributed by atoms with Crippen LogP contribution in [0.1, 0.15) is 5.56 Å². The van der Waals surface area contributed by atoms with E-state index in [1.165, 1.54) is 0 Å². The summed E-state index contributed by atoms with van der Waals surface area (Å²) < 4.78 is 1.61. The van der Waals surface area contributed by atoms with Gasteiger partial charge in [0.1, 0.15) is 0 Å². The summed E-state index contributed by atoms with van der Waals surface area (Å²) in [4.78, 5) is 15.1. The lowest BCUT2D eigenvalue weighted by Crippen LogP contribution is -2.10. The van der Waals surface area contributed by atoms with Crippen molar-refractivity contribution in [3.05, 3.63) is 58.6 Å². The van der Waals surface area contributed by atoms with Crippen molar-refractivity contribution in [3.8, 4) is 11.3 Å². The third kappa shape index (κ3) is 1.43. The van der Waals surface area contributed by atoms with Crippen molar-refractivity contribution in [2.75, 3.05) is 0 Å². The Labute approximate surface area is 113 Å². The van der Waals surface area contributed by atoms with Crippen LogP contribution in [0.2, 0.25) is 0 Å². The van der Waals surface area contributed by atoms with E-state index in [1.807, 2.05) is 43.5 Å². The number of pyridine rings is 1. The van der Waals surface area contributed by atoms with Gasteiger partial charge in [-0.05, 0) is 36.8 Å². The first-order valence-electron chi connectivity index (χ1n) is 6.38. The van der Waals surface area contributed by atoms with E-state index in [4.69, 9.17) is 0 Å². The van der Waals surface area contributed by atoms with E-state index in [9.17, 15) is 4.79 Å². The number of H-pyrrole nitrogens is 2. The molecule has 0 saturated carbocycles. The molecule has 5 heteroatoms. The van der Waals surface area contributed by atoms with Crippen molar-refractivity contribution >= 4 is 16.6 Å². The second-order valence-electron chi connectivity index (χ2n) is 4.87. The number of aromatic amines is 2. The topological polar surface area (TPSA) is 65.9 Å². The Bertz CT molecular complexity index is 976. The predicted octanol–water partition coefficient (Wildman–Crippen LogP) is 2.48. The number of rotatable bonds is 1. The van der Waals surface area contributed by atoms with Gasteiger partial charge in [-0.3, -0.25) is 0 Å². The summed E-state index contributed by atoms with van der Waals surface area (Å²) in [5.74, 6) is 0. The number of aromatic nitrogens is 4. The van der Waals surface area contributed by atoms with Crippen molar-refractivity contribution in [1.29, 1.82) is 0 Å². The molecule has 0 spiro atoms. The van der Waals surface area contributed by atoms with E-state index >= 15 is 0 Å². The minimum absolute atomic E-state index is 0.214. The van der Waals surface area contributed by atoms with E-state index in [-0.39, 0.29) is 5.69 Å². The molecule has 2 N–H and O–H groups in total. The number of fused-ring (bicyclic) bond motifs is 3. The molecule has 0 saturated heterocycles. The summed E-state index contributed by atoms with van der Waals surface area (Å²) in [5.41, 5.74) is 4.47. The predicted molar refractivity (Wildman–Crippen MR) is 77.8 cm³/mol. The quantitative estimate of drug-likeness (QED) is 0.554. The Morgan fingerprint density at radius 2 is 2.10 bits per heavy atom. The third-order valence-electron chi connectivity index (χ3n) is 3.62. The lowest BCUT2D eigenvalue weighted by atomic mass is 10.1. The summed E-state index contributed by atoms with van der Waals surface area (Å²) in [5, 5.41) is 7.59. The van der Waals surface area contributed by atoms with Crippen molar-refractivity contribution < 1.29 is 0 Å². The Balaban J connectivity index is 2.17. The summed E-state index contributed by atoms with van der Waals surface area (Å²) >= 11 is 0. The molecule has 4 rings (SSSR count). The third-order valence-corrected chi connectivity index (χ3v) is 3.62. The van der Waals surface area contributed by atoms with Crippen molar-refractivity contribution in [2.45, 2.75) is 6.92 Å². The molecule has 0 amide bonds. The molecule has 0 bridgehead atoms. The molecule has 3 aromatic heterocycles. The summed E-state index contributed by atoms with van der Waals surface area (Å²) in [6.07, 6.45) is 1.88. The number of hydrogen-bond donors (Lipinski definition) is 2. The highest BCUT2D eigenvalue weighted by Gasteiger charge is 2.09. The fraction of sp³-hybridized carbons (Fsp3) is 0.0667. The number of hydrogen-bond acceptors (Lipinski definition) is 2. The molecule has 0 fully saturated rings. The van der Waals surface area contributed by atoms with Gasteiger partial charge in [-0.1, -0.05) is 12.1 Å². The van der Waals surface area contributed by atoms with Gasteiger partial charge < -0.3 is 4.98 Å². The first-order valence-corrected chi connectivity index (χ1v) is 6.38. The SMILES string of the molecule is Cc1cc2n[nH]c(=O)n2c2cc(-c3ccc[nH]3)ccc12. The van der Waals surface area contributed by atoms with Gasteiger partial charge in [-0.2, -0.15) is 5.10 Å². The van der Waals surface area contributed by atoms with Gasteiger partial charge in [-0.15, -0.1) is 0 Å². The molecule has 0 aliphatic rings. The minimum Gasteiger partial charge on any atom is -0.361 e. The largest absolute Gasteiger partial charge is 0.361 e. The molecule has 1 aromatic carbocycles. The van der Waals surface area contributed by atoms with Crippen LogP contribution in [-0.4, -0.2) is 19.6 Å². The van der Waals surface area contributed by atoms with Crippen molar-refractivity contribution in [1.82, 2.24) is 19.6 Å². The van der Waals surface area contributed by atoms with E-state index in [1.54, 1.807) is 4.40 Å². The van der Waals surface area contributed by atoms with Gasteiger partial charge in [0.15, 0.2) is 5.65 Å². The van der Waals surface area contributed by atoms with Gasteiger partial charge in [0, 0.05) is 22.8 Å². The van der Waals surface area contributed by atoms with Crippen LogP contribution in [0.15, 0.2) is 47.4 Å². The highest BCUT2D eigenvalue weighted by molar-refractivity contribution is 5.88. The van der Waals surface area contributed by atoms with Crippen LogP contribution < -0.4 is 5.69 Å². The molecule has 4 aromatic rings. The summed E-state index contributed by atoms with van der Waals surface area (Å²) in [6.45, 7) is 2.02. The Morgan fingerprint density at radius 1 is 1.20 bits per heavy atom. The minimum atomic E-state index is -0.214.